The molecule has 0 radical (unpaired) electrons. The summed E-state index contributed by atoms with van der Waals surface area (Å²) in [5.41, 5.74) is 8.33. The van der Waals surface area contributed by atoms with Crippen LogP contribution < -0.4 is 4.74 Å². The van der Waals surface area contributed by atoms with Gasteiger partial charge in [-0.25, -0.2) is 9.78 Å². The van der Waals surface area contributed by atoms with Crippen molar-refractivity contribution >= 4 is 17.0 Å². The Morgan fingerprint density at radius 1 is 0.972 bits per heavy atom. The molecule has 4 aromatic rings. The number of rotatable bonds is 7. The predicted octanol–water partition coefficient (Wildman–Crippen LogP) is 7.45. The van der Waals surface area contributed by atoms with E-state index >= 15 is 0 Å². The van der Waals surface area contributed by atoms with E-state index in [1.807, 2.05) is 18.2 Å². The van der Waals surface area contributed by atoms with Crippen molar-refractivity contribution in [2.75, 3.05) is 6.61 Å². The van der Waals surface area contributed by atoms with E-state index in [1.54, 1.807) is 12.1 Å². The molecule has 0 unspecified atom stereocenters. The average Bonchev–Trinajstić information content (AvgIpc) is 3.27. The molecule has 5 heteroatoms. The summed E-state index contributed by atoms with van der Waals surface area (Å²) in [5.74, 6) is 0.813. The van der Waals surface area contributed by atoms with Gasteiger partial charge >= 0.3 is 5.97 Å². The average molecular weight is 483 g/mol. The van der Waals surface area contributed by atoms with E-state index in [0.717, 1.165) is 47.4 Å². The van der Waals surface area contributed by atoms with Crippen molar-refractivity contribution in [3.63, 3.8) is 0 Å². The Labute approximate surface area is 212 Å². The van der Waals surface area contributed by atoms with Gasteiger partial charge in [0.05, 0.1) is 23.2 Å². The fourth-order valence-electron chi connectivity index (χ4n) is 5.40. The lowest BCUT2D eigenvalue weighted by molar-refractivity contribution is 0.0697. The number of hydrogen-bond acceptors (Lipinski definition) is 3. The second-order valence-electron chi connectivity index (χ2n) is 10.1. The number of carboxylic acid groups (broad SMARTS) is 1. The van der Waals surface area contributed by atoms with Crippen LogP contribution in [0.4, 0.5) is 0 Å². The van der Waals surface area contributed by atoms with Gasteiger partial charge in [0.25, 0.3) is 0 Å². The third-order valence-electron chi connectivity index (χ3n) is 7.64. The Balaban J connectivity index is 1.38. The highest BCUT2D eigenvalue weighted by atomic mass is 16.5. The van der Waals surface area contributed by atoms with E-state index in [0.29, 0.717) is 12.6 Å². The first-order chi connectivity index (χ1) is 17.4. The van der Waals surface area contributed by atoms with Crippen LogP contribution in [0, 0.1) is 20.8 Å². The molecule has 1 fully saturated rings. The number of nitrogens with zero attached hydrogens (tertiary/aromatic N) is 2. The highest BCUT2D eigenvalue weighted by Crippen LogP contribution is 2.36. The first-order valence-electron chi connectivity index (χ1n) is 13.0. The Hall–Kier alpha value is -3.60. The molecule has 1 heterocycles. The van der Waals surface area contributed by atoms with Gasteiger partial charge in [-0.3, -0.25) is 0 Å². The molecule has 0 atom stereocenters. The molecule has 0 aliphatic heterocycles. The normalized spacial score (nSPS) is 14.3. The summed E-state index contributed by atoms with van der Waals surface area (Å²) in [5, 5.41) is 9.45. The summed E-state index contributed by atoms with van der Waals surface area (Å²) in [4.78, 5) is 16.4. The first kappa shape index (κ1) is 24.1. The minimum absolute atomic E-state index is 0.269. The van der Waals surface area contributed by atoms with Gasteiger partial charge in [0.2, 0.25) is 0 Å². The van der Waals surface area contributed by atoms with Crippen LogP contribution in [0.15, 0.2) is 54.6 Å². The summed E-state index contributed by atoms with van der Waals surface area (Å²) >= 11 is 0. The first-order valence-corrected chi connectivity index (χ1v) is 13.0. The number of carboxylic acids is 1. The number of aromatic nitrogens is 2. The van der Waals surface area contributed by atoms with Crippen LogP contribution in [0.2, 0.25) is 0 Å². The standard InChI is InChI=1S/C31H34N2O3/c1-20-17-23(18-21(2)22(20)3)15-16-36-27-12-9-24(10-13-27)30-32-28-19-25(31(34)35)11-14-29(28)33(30)26-7-5-4-6-8-26/h9-14,17-19,26H,4-8,15-16H2,1-3H3,(H,34,35). The molecule has 0 saturated heterocycles. The third kappa shape index (κ3) is 4.88. The second kappa shape index (κ2) is 10.2. The summed E-state index contributed by atoms with van der Waals surface area (Å²) in [6, 6.07) is 18.3. The lowest BCUT2D eigenvalue weighted by atomic mass is 9.95. The van der Waals surface area contributed by atoms with Crippen molar-refractivity contribution < 1.29 is 14.6 Å². The van der Waals surface area contributed by atoms with Crippen molar-refractivity contribution in [3.8, 4) is 17.1 Å². The molecule has 186 valence electrons. The highest BCUT2D eigenvalue weighted by molar-refractivity contribution is 5.93. The molecule has 5 rings (SSSR count). The van der Waals surface area contributed by atoms with Crippen LogP contribution in [0.5, 0.6) is 5.75 Å². The van der Waals surface area contributed by atoms with Crippen LogP contribution in [-0.4, -0.2) is 27.2 Å². The van der Waals surface area contributed by atoms with Gasteiger partial charge in [-0.1, -0.05) is 31.4 Å². The minimum atomic E-state index is -0.928. The largest absolute Gasteiger partial charge is 0.493 e. The smallest absolute Gasteiger partial charge is 0.335 e. The van der Waals surface area contributed by atoms with Crippen molar-refractivity contribution in [2.45, 2.75) is 65.3 Å². The number of fused-ring (bicyclic) bond motifs is 1. The van der Waals surface area contributed by atoms with Crippen LogP contribution in [0.3, 0.4) is 0 Å². The Kier molecular flexibility index (Phi) is 6.82. The van der Waals surface area contributed by atoms with Gasteiger partial charge in [0.15, 0.2) is 0 Å². The van der Waals surface area contributed by atoms with E-state index in [9.17, 15) is 9.90 Å². The SMILES string of the molecule is Cc1cc(CCOc2ccc(-c3nc4cc(C(=O)O)ccc4n3C3CCCCC3)cc2)cc(C)c1C. The molecule has 3 aromatic carbocycles. The Morgan fingerprint density at radius 2 is 1.67 bits per heavy atom. The molecule has 0 amide bonds. The molecule has 1 aliphatic rings. The van der Waals surface area contributed by atoms with Gasteiger partial charge in [-0.15, -0.1) is 0 Å². The van der Waals surface area contributed by atoms with Crippen LogP contribution in [0.25, 0.3) is 22.4 Å². The zero-order valence-electron chi connectivity index (χ0n) is 21.4. The maximum Gasteiger partial charge on any atom is 0.335 e. The summed E-state index contributed by atoms with van der Waals surface area (Å²) in [6.07, 6.45) is 6.81. The van der Waals surface area contributed by atoms with Gasteiger partial charge < -0.3 is 14.4 Å². The Bertz CT molecular complexity index is 1370. The Morgan fingerprint density at radius 3 is 2.33 bits per heavy atom. The molecular weight excluding hydrogens is 448 g/mol. The summed E-state index contributed by atoms with van der Waals surface area (Å²) < 4.78 is 8.40. The lowest BCUT2D eigenvalue weighted by Crippen LogP contribution is -2.14. The number of carbonyl (C=O) groups is 1. The zero-order valence-corrected chi connectivity index (χ0v) is 21.4. The summed E-state index contributed by atoms with van der Waals surface area (Å²) in [7, 11) is 0. The molecule has 0 spiro atoms. The van der Waals surface area contributed by atoms with E-state index in [4.69, 9.17) is 9.72 Å². The van der Waals surface area contributed by atoms with Crippen LogP contribution in [-0.2, 0) is 6.42 Å². The maximum absolute atomic E-state index is 11.5. The second-order valence-corrected chi connectivity index (χ2v) is 10.1. The molecule has 1 N–H and O–H groups in total. The maximum atomic E-state index is 11.5. The fraction of sp³-hybridized carbons (Fsp3) is 0.355. The number of imidazole rings is 1. The fourth-order valence-corrected chi connectivity index (χ4v) is 5.40. The van der Waals surface area contributed by atoms with Crippen molar-refractivity contribution in [1.82, 2.24) is 9.55 Å². The number of aryl methyl sites for hydroxylation is 2. The molecular formula is C31H34N2O3. The van der Waals surface area contributed by atoms with Crippen LogP contribution >= 0.6 is 0 Å². The molecule has 0 bridgehead atoms. The van der Waals surface area contributed by atoms with Crippen molar-refractivity contribution in [3.05, 3.63) is 82.4 Å². The quantitative estimate of drug-likeness (QED) is 0.297. The lowest BCUT2D eigenvalue weighted by Gasteiger charge is -2.25. The van der Waals surface area contributed by atoms with Crippen molar-refractivity contribution in [1.29, 1.82) is 0 Å². The zero-order chi connectivity index (χ0) is 25.2. The number of ether oxygens (including phenoxy) is 1. The number of aromatic carboxylic acids is 1. The minimum Gasteiger partial charge on any atom is -0.493 e. The number of benzene rings is 3. The molecule has 5 nitrogen and oxygen atoms in total. The predicted molar refractivity (Wildman–Crippen MR) is 144 cm³/mol. The monoisotopic (exact) mass is 482 g/mol. The highest BCUT2D eigenvalue weighted by Gasteiger charge is 2.23. The van der Waals surface area contributed by atoms with Gasteiger partial charge in [-0.05, 0) is 98.3 Å². The van der Waals surface area contributed by atoms with Gasteiger partial charge in [0, 0.05) is 18.0 Å². The van der Waals surface area contributed by atoms with E-state index < -0.39 is 5.97 Å². The van der Waals surface area contributed by atoms with E-state index in [-0.39, 0.29) is 5.56 Å². The van der Waals surface area contributed by atoms with Gasteiger partial charge in [0.1, 0.15) is 11.6 Å². The van der Waals surface area contributed by atoms with E-state index in [2.05, 4.69) is 49.6 Å². The van der Waals surface area contributed by atoms with Crippen LogP contribution in [0.1, 0.15) is 70.8 Å². The third-order valence-corrected chi connectivity index (χ3v) is 7.64. The molecule has 36 heavy (non-hydrogen) atoms. The molecule has 1 aromatic heterocycles. The van der Waals surface area contributed by atoms with E-state index in [1.165, 1.54) is 41.5 Å². The topological polar surface area (TPSA) is 64.3 Å². The molecule has 1 aliphatic carbocycles. The summed E-state index contributed by atoms with van der Waals surface area (Å²) in [6.45, 7) is 7.11. The van der Waals surface area contributed by atoms with Crippen molar-refractivity contribution in [2.24, 2.45) is 0 Å². The van der Waals surface area contributed by atoms with Gasteiger partial charge in [-0.2, -0.15) is 0 Å². The molecule has 1 saturated carbocycles. The number of hydrogen-bond donors (Lipinski definition) is 1.